The van der Waals surface area contributed by atoms with E-state index in [-0.39, 0.29) is 0 Å². The number of nitrogen functional groups attached to an aromatic ring is 1. The van der Waals surface area contributed by atoms with Crippen molar-refractivity contribution < 1.29 is 4.42 Å². The Balaban J connectivity index is 1.88. The fraction of sp³-hybridized carbons (Fsp3) is 0.333. The number of hydrogen-bond donors (Lipinski definition) is 1. The Labute approximate surface area is 150 Å². The van der Waals surface area contributed by atoms with Crippen molar-refractivity contribution in [3.63, 3.8) is 0 Å². The summed E-state index contributed by atoms with van der Waals surface area (Å²) in [4.78, 5) is 15.2. The summed E-state index contributed by atoms with van der Waals surface area (Å²) in [5, 5.41) is 5.45. The van der Waals surface area contributed by atoms with Gasteiger partial charge >= 0.3 is 0 Å². The van der Waals surface area contributed by atoms with Gasteiger partial charge in [-0.25, -0.2) is 14.6 Å². The summed E-state index contributed by atoms with van der Waals surface area (Å²) in [6.07, 6.45) is 1.46. The lowest BCUT2D eigenvalue weighted by atomic mass is 10.1. The fourth-order valence-electron chi connectivity index (χ4n) is 3.14. The molecule has 0 saturated heterocycles. The van der Waals surface area contributed by atoms with Crippen molar-refractivity contribution in [3.05, 3.63) is 24.5 Å². The van der Waals surface area contributed by atoms with Gasteiger partial charge in [-0.3, -0.25) is 0 Å². The minimum Gasteiger partial charge on any atom is -0.423 e. The smallest absolute Gasteiger partial charge is 0.298 e. The zero-order valence-corrected chi connectivity index (χ0v) is 15.1. The number of anilines is 2. The fourth-order valence-corrected chi connectivity index (χ4v) is 3.14. The summed E-state index contributed by atoms with van der Waals surface area (Å²) >= 11 is 0. The number of benzene rings is 1. The normalized spacial score (nSPS) is 11.5. The quantitative estimate of drug-likeness (QED) is 0.590. The molecule has 2 N–H and O–H groups in total. The second-order valence-electron chi connectivity index (χ2n) is 5.97. The molecule has 4 rings (SSSR count). The summed E-state index contributed by atoms with van der Waals surface area (Å²) in [5.41, 5.74) is 10.1. The highest BCUT2D eigenvalue weighted by Crippen LogP contribution is 2.32. The van der Waals surface area contributed by atoms with Crippen LogP contribution in [0.3, 0.4) is 0 Å². The van der Waals surface area contributed by atoms with Gasteiger partial charge < -0.3 is 15.1 Å². The number of aryl methyl sites for hydroxylation is 1. The lowest BCUT2D eigenvalue weighted by Gasteiger charge is -2.14. The molecule has 134 valence electrons. The number of nitrogens with two attached hydrogens (primary N) is 1. The minimum absolute atomic E-state index is 0.425. The van der Waals surface area contributed by atoms with Gasteiger partial charge in [0.15, 0.2) is 11.2 Å². The van der Waals surface area contributed by atoms with Crippen LogP contribution in [0, 0.1) is 0 Å². The van der Waals surface area contributed by atoms with Crippen molar-refractivity contribution in [1.29, 1.82) is 0 Å². The van der Waals surface area contributed by atoms with Gasteiger partial charge in [-0.1, -0.05) is 0 Å². The molecule has 8 heteroatoms. The van der Waals surface area contributed by atoms with Crippen LogP contribution in [0.15, 0.2) is 28.9 Å². The van der Waals surface area contributed by atoms with Crippen LogP contribution in [-0.4, -0.2) is 37.8 Å². The van der Waals surface area contributed by atoms with Gasteiger partial charge in [0.05, 0.1) is 5.39 Å². The number of hydrogen-bond acceptors (Lipinski definition) is 7. The van der Waals surface area contributed by atoms with Crippen molar-refractivity contribution in [1.82, 2.24) is 24.7 Å². The molecule has 0 amide bonds. The molecule has 0 aliphatic carbocycles. The molecule has 8 nitrogen and oxygen atoms in total. The zero-order valence-electron chi connectivity index (χ0n) is 15.1. The van der Waals surface area contributed by atoms with E-state index in [1.165, 1.54) is 6.33 Å². The van der Waals surface area contributed by atoms with Gasteiger partial charge in [-0.05, 0) is 39.0 Å². The molecule has 0 bridgehead atoms. The number of oxazole rings is 1. The average Bonchev–Trinajstić information content (AvgIpc) is 3.24. The highest BCUT2D eigenvalue weighted by Gasteiger charge is 2.18. The van der Waals surface area contributed by atoms with Crippen LogP contribution in [0.2, 0.25) is 0 Å². The molecule has 0 radical (unpaired) electrons. The van der Waals surface area contributed by atoms with E-state index < -0.39 is 0 Å². The first-order chi connectivity index (χ1) is 12.7. The zero-order chi connectivity index (χ0) is 18.3. The summed E-state index contributed by atoms with van der Waals surface area (Å²) in [6, 6.07) is 6.49. The Bertz CT molecular complexity index is 1080. The topological polar surface area (TPSA) is 98.9 Å². The second-order valence-corrected chi connectivity index (χ2v) is 5.97. The Hall–Kier alpha value is -3.16. The van der Waals surface area contributed by atoms with E-state index in [1.54, 1.807) is 0 Å². The molecule has 3 heterocycles. The van der Waals surface area contributed by atoms with Crippen LogP contribution >= 0.6 is 0 Å². The van der Waals surface area contributed by atoms with Gasteiger partial charge in [0, 0.05) is 25.2 Å². The van der Waals surface area contributed by atoms with Crippen LogP contribution in [0.1, 0.15) is 20.8 Å². The van der Waals surface area contributed by atoms with Crippen LogP contribution in [0.4, 0.5) is 11.8 Å². The molecule has 26 heavy (non-hydrogen) atoms. The first-order valence-electron chi connectivity index (χ1n) is 8.79. The van der Waals surface area contributed by atoms with Crippen molar-refractivity contribution in [2.24, 2.45) is 0 Å². The maximum Gasteiger partial charge on any atom is 0.298 e. The monoisotopic (exact) mass is 351 g/mol. The predicted octanol–water partition coefficient (Wildman–Crippen LogP) is 3.08. The molecular formula is C18H21N7O. The molecule has 0 saturated carbocycles. The predicted molar refractivity (Wildman–Crippen MR) is 102 cm³/mol. The molecule has 0 fully saturated rings. The number of nitrogens with zero attached hydrogens (tertiary/aromatic N) is 6. The van der Waals surface area contributed by atoms with E-state index >= 15 is 0 Å². The van der Waals surface area contributed by atoms with Crippen molar-refractivity contribution in [2.75, 3.05) is 23.7 Å². The summed E-state index contributed by atoms with van der Waals surface area (Å²) in [6.45, 7) is 8.56. The summed E-state index contributed by atoms with van der Waals surface area (Å²) < 4.78 is 7.71. The summed E-state index contributed by atoms with van der Waals surface area (Å²) in [7, 11) is 0. The van der Waals surface area contributed by atoms with E-state index in [4.69, 9.17) is 10.2 Å². The van der Waals surface area contributed by atoms with Crippen LogP contribution in [0.25, 0.3) is 33.4 Å². The van der Waals surface area contributed by atoms with Gasteiger partial charge in [0.2, 0.25) is 0 Å². The number of rotatable bonds is 5. The highest BCUT2D eigenvalue weighted by atomic mass is 16.4. The van der Waals surface area contributed by atoms with Crippen LogP contribution < -0.4 is 10.6 Å². The molecule has 0 aliphatic heterocycles. The third-order valence-electron chi connectivity index (χ3n) is 4.54. The largest absolute Gasteiger partial charge is 0.423 e. The molecule has 0 atom stereocenters. The molecule has 0 aliphatic rings. The Morgan fingerprint density at radius 3 is 2.69 bits per heavy atom. The molecule has 3 aromatic heterocycles. The van der Waals surface area contributed by atoms with Gasteiger partial charge in [-0.15, -0.1) is 0 Å². The third-order valence-corrected chi connectivity index (χ3v) is 4.54. The highest BCUT2D eigenvalue weighted by molar-refractivity contribution is 5.99. The van der Waals surface area contributed by atoms with E-state index in [1.807, 2.05) is 29.8 Å². The lowest BCUT2D eigenvalue weighted by molar-refractivity contribution is 0.576. The Kier molecular flexibility index (Phi) is 3.95. The van der Waals surface area contributed by atoms with Crippen molar-refractivity contribution >= 4 is 34.0 Å². The summed E-state index contributed by atoms with van der Waals surface area (Å²) in [5.74, 6) is 0.425. The molecule has 0 spiro atoms. The first-order valence-corrected chi connectivity index (χ1v) is 8.79. The first kappa shape index (κ1) is 16.3. The van der Waals surface area contributed by atoms with Crippen LogP contribution in [-0.2, 0) is 6.54 Å². The Morgan fingerprint density at radius 1 is 1.15 bits per heavy atom. The maximum absolute atomic E-state index is 6.11. The minimum atomic E-state index is 0.425. The number of fused-ring (bicyclic) bond motifs is 2. The van der Waals surface area contributed by atoms with E-state index in [0.29, 0.717) is 18.4 Å². The molecule has 4 aromatic rings. The third kappa shape index (κ3) is 2.45. The van der Waals surface area contributed by atoms with Crippen molar-refractivity contribution in [2.45, 2.75) is 27.3 Å². The Morgan fingerprint density at radius 2 is 1.96 bits per heavy atom. The molecule has 0 unspecified atom stereocenters. The van der Waals surface area contributed by atoms with Crippen molar-refractivity contribution in [3.8, 4) is 11.3 Å². The molecule has 1 aromatic carbocycles. The van der Waals surface area contributed by atoms with Gasteiger partial charge in [-0.2, -0.15) is 10.1 Å². The van der Waals surface area contributed by atoms with Gasteiger partial charge in [0.1, 0.15) is 23.4 Å². The standard InChI is InChI=1S/C18H21N7O/c1-4-24(5-2)18-22-12-9-11(7-8-13(12)26-18)15-14-16(19)20-10-21-17(14)25(6-3)23-15/h7-10H,4-6H2,1-3H3,(H2,19,20,21). The van der Waals surface area contributed by atoms with Crippen LogP contribution in [0.5, 0.6) is 0 Å². The van der Waals surface area contributed by atoms with E-state index in [0.717, 1.165) is 46.5 Å². The lowest BCUT2D eigenvalue weighted by Crippen LogP contribution is -2.21. The van der Waals surface area contributed by atoms with Gasteiger partial charge in [0.25, 0.3) is 6.01 Å². The number of aromatic nitrogens is 5. The SMILES string of the molecule is CCN(CC)c1nc2cc(-c3nn(CC)c4ncnc(N)c34)ccc2o1. The van der Waals surface area contributed by atoms with E-state index in [9.17, 15) is 0 Å². The van der Waals surface area contributed by atoms with E-state index in [2.05, 4.69) is 38.8 Å². The molecular weight excluding hydrogens is 330 g/mol. The second kappa shape index (κ2) is 6.29. The maximum atomic E-state index is 6.11. The average molecular weight is 351 g/mol.